The fourth-order valence-corrected chi connectivity index (χ4v) is 2.35. The number of carboxylic acid groups (broad SMARTS) is 1. The van der Waals surface area contributed by atoms with Crippen LogP contribution in [0.25, 0.3) is 11.1 Å². The fourth-order valence-electron chi connectivity index (χ4n) is 2.35. The van der Waals surface area contributed by atoms with Crippen LogP contribution in [0.5, 0.6) is 0 Å². The lowest BCUT2D eigenvalue weighted by molar-refractivity contribution is -0.134. The summed E-state index contributed by atoms with van der Waals surface area (Å²) in [6.45, 7) is 1.58. The summed E-state index contributed by atoms with van der Waals surface area (Å²) in [5.74, 6) is -1.83. The zero-order valence-electron chi connectivity index (χ0n) is 12.6. The van der Waals surface area contributed by atoms with E-state index in [0.29, 0.717) is 17.7 Å². The average Bonchev–Trinajstić information content (AvgIpc) is 2.75. The van der Waals surface area contributed by atoms with Crippen LogP contribution in [0.3, 0.4) is 0 Å². The topological polar surface area (TPSA) is 57.6 Å². The number of carboxylic acids is 1. The van der Waals surface area contributed by atoms with E-state index in [1.54, 1.807) is 30.1 Å². The van der Waals surface area contributed by atoms with E-state index in [0.717, 1.165) is 30.7 Å². The molecule has 0 aromatic heterocycles. The first-order valence-corrected chi connectivity index (χ1v) is 6.83. The quantitative estimate of drug-likeness (QED) is 0.877. The number of carbonyl (C=O) groups is 2. The van der Waals surface area contributed by atoms with Gasteiger partial charge in [0.25, 0.3) is 11.9 Å². The highest BCUT2D eigenvalue weighted by Crippen LogP contribution is 2.29. The maximum atomic E-state index is 13.7. The second kappa shape index (κ2) is 6.56. The zero-order chi connectivity index (χ0) is 17.1. The van der Waals surface area contributed by atoms with Gasteiger partial charge in [-0.15, -0.1) is 0 Å². The predicted molar refractivity (Wildman–Crippen MR) is 80.9 cm³/mol. The molecule has 2 aromatic rings. The SMILES string of the molecule is CC(=O)O.CN1Cc2cc(-c3cc(F)ccc3F)ccc2C1=O. The molecule has 23 heavy (non-hydrogen) atoms. The van der Waals surface area contributed by atoms with Gasteiger partial charge in [-0.1, -0.05) is 6.07 Å². The van der Waals surface area contributed by atoms with Gasteiger partial charge in [0.15, 0.2) is 0 Å². The van der Waals surface area contributed by atoms with E-state index in [1.165, 1.54) is 0 Å². The Morgan fingerprint density at radius 3 is 2.43 bits per heavy atom. The highest BCUT2D eigenvalue weighted by atomic mass is 19.1. The Hall–Kier alpha value is -2.76. The van der Waals surface area contributed by atoms with E-state index in [-0.39, 0.29) is 11.5 Å². The predicted octanol–water partition coefficient (Wildman–Crippen LogP) is 3.31. The van der Waals surface area contributed by atoms with Crippen molar-refractivity contribution in [2.45, 2.75) is 13.5 Å². The van der Waals surface area contributed by atoms with Crippen molar-refractivity contribution in [1.82, 2.24) is 4.90 Å². The van der Waals surface area contributed by atoms with Crippen molar-refractivity contribution in [3.8, 4) is 11.1 Å². The second-order valence-corrected chi connectivity index (χ2v) is 5.18. The van der Waals surface area contributed by atoms with E-state index in [1.807, 2.05) is 0 Å². The summed E-state index contributed by atoms with van der Waals surface area (Å²) in [6, 6.07) is 8.42. The molecule has 0 saturated heterocycles. The molecule has 1 aliphatic rings. The molecule has 1 amide bonds. The highest BCUT2D eigenvalue weighted by molar-refractivity contribution is 5.98. The number of aliphatic carboxylic acids is 1. The van der Waals surface area contributed by atoms with Crippen LogP contribution in [-0.2, 0) is 11.3 Å². The third kappa shape index (κ3) is 3.71. The van der Waals surface area contributed by atoms with Crippen molar-refractivity contribution >= 4 is 11.9 Å². The number of rotatable bonds is 1. The van der Waals surface area contributed by atoms with Crippen molar-refractivity contribution in [1.29, 1.82) is 0 Å². The molecule has 3 rings (SSSR count). The van der Waals surface area contributed by atoms with Gasteiger partial charge in [0.05, 0.1) is 0 Å². The van der Waals surface area contributed by atoms with Crippen LogP contribution in [0.4, 0.5) is 8.78 Å². The van der Waals surface area contributed by atoms with Gasteiger partial charge in [0, 0.05) is 31.6 Å². The standard InChI is InChI=1S/C15H11F2NO.C2H4O2/c1-18-8-10-6-9(2-4-12(10)15(18)19)13-7-11(16)3-5-14(13)17;1-2(3)4/h2-7H,8H2,1H3;1H3,(H,3,4). The summed E-state index contributed by atoms with van der Waals surface area (Å²) in [4.78, 5) is 22.4. The van der Waals surface area contributed by atoms with Gasteiger partial charge in [-0.05, 0) is 41.5 Å². The van der Waals surface area contributed by atoms with Crippen LogP contribution >= 0.6 is 0 Å². The lowest BCUT2D eigenvalue weighted by Gasteiger charge is -2.06. The normalized spacial score (nSPS) is 12.5. The van der Waals surface area contributed by atoms with Gasteiger partial charge >= 0.3 is 0 Å². The molecule has 120 valence electrons. The van der Waals surface area contributed by atoms with Gasteiger partial charge in [-0.3, -0.25) is 9.59 Å². The first-order chi connectivity index (χ1) is 10.8. The summed E-state index contributed by atoms with van der Waals surface area (Å²) >= 11 is 0. The highest BCUT2D eigenvalue weighted by Gasteiger charge is 2.24. The fraction of sp³-hybridized carbons (Fsp3) is 0.176. The molecule has 6 heteroatoms. The van der Waals surface area contributed by atoms with E-state index in [4.69, 9.17) is 9.90 Å². The molecule has 0 spiro atoms. The van der Waals surface area contributed by atoms with Crippen molar-refractivity contribution in [3.63, 3.8) is 0 Å². The number of amides is 1. The molecule has 0 fully saturated rings. The van der Waals surface area contributed by atoms with Crippen LogP contribution in [-0.4, -0.2) is 28.9 Å². The molecule has 0 bridgehead atoms. The molecule has 0 saturated carbocycles. The monoisotopic (exact) mass is 319 g/mol. The van der Waals surface area contributed by atoms with Crippen molar-refractivity contribution in [3.05, 3.63) is 59.2 Å². The van der Waals surface area contributed by atoms with Crippen LogP contribution in [0, 0.1) is 11.6 Å². The van der Waals surface area contributed by atoms with E-state index in [9.17, 15) is 13.6 Å². The van der Waals surface area contributed by atoms with Crippen molar-refractivity contribution < 1.29 is 23.5 Å². The van der Waals surface area contributed by atoms with Crippen LogP contribution in [0.2, 0.25) is 0 Å². The largest absolute Gasteiger partial charge is 0.481 e. The second-order valence-electron chi connectivity index (χ2n) is 5.18. The minimum absolute atomic E-state index is 0.0405. The molecule has 0 atom stereocenters. The summed E-state index contributed by atoms with van der Waals surface area (Å²) in [7, 11) is 1.71. The molecular weight excluding hydrogens is 304 g/mol. The van der Waals surface area contributed by atoms with E-state index >= 15 is 0 Å². The van der Waals surface area contributed by atoms with Crippen molar-refractivity contribution in [2.24, 2.45) is 0 Å². The molecule has 0 unspecified atom stereocenters. The Labute approximate surface area is 132 Å². The lowest BCUT2D eigenvalue weighted by atomic mass is 10.00. The Morgan fingerprint density at radius 1 is 1.13 bits per heavy atom. The first kappa shape index (κ1) is 16.6. The third-order valence-corrected chi connectivity index (χ3v) is 3.33. The Bertz CT molecular complexity index is 770. The molecule has 1 heterocycles. The van der Waals surface area contributed by atoms with Gasteiger partial charge in [-0.25, -0.2) is 8.78 Å². The first-order valence-electron chi connectivity index (χ1n) is 6.83. The Kier molecular flexibility index (Phi) is 4.74. The lowest BCUT2D eigenvalue weighted by Crippen LogP contribution is -2.17. The number of carbonyl (C=O) groups excluding carboxylic acids is 1. The van der Waals surface area contributed by atoms with E-state index in [2.05, 4.69) is 0 Å². The van der Waals surface area contributed by atoms with Gasteiger partial charge < -0.3 is 10.0 Å². The van der Waals surface area contributed by atoms with Crippen molar-refractivity contribution in [2.75, 3.05) is 7.05 Å². The summed E-state index contributed by atoms with van der Waals surface area (Å²) < 4.78 is 26.9. The summed E-state index contributed by atoms with van der Waals surface area (Å²) in [5.41, 5.74) is 2.26. The summed E-state index contributed by atoms with van der Waals surface area (Å²) in [6.07, 6.45) is 0. The molecule has 2 aromatic carbocycles. The van der Waals surface area contributed by atoms with Gasteiger partial charge in [0.2, 0.25) is 0 Å². The minimum Gasteiger partial charge on any atom is -0.481 e. The van der Waals surface area contributed by atoms with Gasteiger partial charge in [-0.2, -0.15) is 0 Å². The number of hydrogen-bond acceptors (Lipinski definition) is 2. The Morgan fingerprint density at radius 2 is 1.78 bits per heavy atom. The van der Waals surface area contributed by atoms with Crippen LogP contribution in [0.1, 0.15) is 22.8 Å². The number of fused-ring (bicyclic) bond motifs is 1. The number of benzene rings is 2. The molecule has 4 nitrogen and oxygen atoms in total. The molecular formula is C17H15F2NO3. The summed E-state index contributed by atoms with van der Waals surface area (Å²) in [5, 5.41) is 7.42. The number of halogens is 2. The maximum absolute atomic E-state index is 13.7. The Balaban J connectivity index is 0.000000433. The van der Waals surface area contributed by atoms with Gasteiger partial charge in [0.1, 0.15) is 11.6 Å². The molecule has 1 N–H and O–H groups in total. The van der Waals surface area contributed by atoms with E-state index < -0.39 is 17.6 Å². The van der Waals surface area contributed by atoms with Crippen LogP contribution < -0.4 is 0 Å². The smallest absolute Gasteiger partial charge is 0.300 e. The maximum Gasteiger partial charge on any atom is 0.300 e. The number of nitrogens with zero attached hydrogens (tertiary/aromatic N) is 1. The minimum atomic E-state index is -0.833. The molecule has 1 aliphatic heterocycles. The van der Waals surface area contributed by atoms with Crippen LogP contribution in [0.15, 0.2) is 36.4 Å². The third-order valence-electron chi connectivity index (χ3n) is 3.33. The number of hydrogen-bond donors (Lipinski definition) is 1. The molecule has 0 radical (unpaired) electrons. The average molecular weight is 319 g/mol. The zero-order valence-corrected chi connectivity index (χ0v) is 12.6. The molecule has 0 aliphatic carbocycles.